The molecule has 0 radical (unpaired) electrons. The van der Waals surface area contributed by atoms with Gasteiger partial charge in [0.05, 0.1) is 16.7 Å². The van der Waals surface area contributed by atoms with Gasteiger partial charge in [-0.2, -0.15) is 0 Å². The van der Waals surface area contributed by atoms with Crippen molar-refractivity contribution in [2.45, 2.75) is 18.8 Å². The second-order valence-corrected chi connectivity index (χ2v) is 16.7. The molecule has 1 aliphatic carbocycles. The molecular formula is C58H38N4O. The summed E-state index contributed by atoms with van der Waals surface area (Å²) in [7, 11) is 0. The van der Waals surface area contributed by atoms with Gasteiger partial charge in [0.2, 0.25) is 0 Å². The van der Waals surface area contributed by atoms with Gasteiger partial charge in [0, 0.05) is 38.6 Å². The summed E-state index contributed by atoms with van der Waals surface area (Å²) >= 11 is 0. The van der Waals surface area contributed by atoms with E-state index < -0.39 is 0 Å². The van der Waals surface area contributed by atoms with Crippen LogP contribution in [0, 0.1) is 0 Å². The van der Waals surface area contributed by atoms with E-state index in [1.165, 1.54) is 43.8 Å². The maximum atomic E-state index is 6.86. The van der Waals surface area contributed by atoms with Gasteiger partial charge in [0.1, 0.15) is 11.4 Å². The Kier molecular flexibility index (Phi) is 8.03. The van der Waals surface area contributed by atoms with Crippen LogP contribution in [0.1, 0.15) is 29.3 Å². The van der Waals surface area contributed by atoms with E-state index in [0.717, 1.165) is 79.6 Å². The molecule has 9 aromatic carbocycles. The number of nitrogens with zero attached hydrogens (tertiary/aromatic N) is 4. The third kappa shape index (κ3) is 5.81. The predicted molar refractivity (Wildman–Crippen MR) is 257 cm³/mol. The minimum atomic E-state index is -0.0602. The fourth-order valence-corrected chi connectivity index (χ4v) is 10.1. The van der Waals surface area contributed by atoms with Gasteiger partial charge in [0.25, 0.3) is 0 Å². The van der Waals surface area contributed by atoms with Gasteiger partial charge in [-0.1, -0.05) is 158 Å². The molecule has 12 aromatic rings. The molecule has 0 saturated heterocycles. The van der Waals surface area contributed by atoms with Gasteiger partial charge in [-0.3, -0.25) is 0 Å². The van der Waals surface area contributed by atoms with Gasteiger partial charge in [-0.15, -0.1) is 0 Å². The number of benzene rings is 9. The van der Waals surface area contributed by atoms with Crippen LogP contribution in [0.25, 0.3) is 105 Å². The zero-order valence-electron chi connectivity index (χ0n) is 34.2. The highest BCUT2D eigenvalue weighted by molar-refractivity contribution is 6.16. The summed E-state index contributed by atoms with van der Waals surface area (Å²) in [5, 5.41) is 6.82. The van der Waals surface area contributed by atoms with E-state index in [0.29, 0.717) is 11.6 Å². The van der Waals surface area contributed by atoms with Crippen LogP contribution in [0.4, 0.5) is 0 Å². The molecule has 0 amide bonds. The minimum Gasteiger partial charge on any atom is -0.454 e. The lowest BCUT2D eigenvalue weighted by Crippen LogP contribution is -2.11. The Bertz CT molecular complexity index is 3770. The fraction of sp³-hybridized carbons (Fsp3) is 0.0517. The summed E-state index contributed by atoms with van der Waals surface area (Å²) in [4.78, 5) is 16.4. The molecule has 3 aromatic heterocycles. The first-order chi connectivity index (χ1) is 31.2. The Morgan fingerprint density at radius 3 is 2.02 bits per heavy atom. The van der Waals surface area contributed by atoms with Crippen LogP contribution in [0.3, 0.4) is 0 Å². The van der Waals surface area contributed by atoms with Gasteiger partial charge in [-0.25, -0.2) is 15.0 Å². The molecule has 0 aliphatic heterocycles. The lowest BCUT2D eigenvalue weighted by molar-refractivity contribution is 0.666. The molecule has 3 heterocycles. The molecule has 0 N–H and O–H groups in total. The Morgan fingerprint density at radius 1 is 0.444 bits per heavy atom. The number of aromatic nitrogens is 4. The lowest BCUT2D eigenvalue weighted by atomic mass is 9.90. The van der Waals surface area contributed by atoms with E-state index >= 15 is 0 Å². The van der Waals surface area contributed by atoms with Crippen molar-refractivity contribution >= 4 is 54.5 Å². The highest BCUT2D eigenvalue weighted by atomic mass is 16.3. The molecule has 1 unspecified atom stereocenters. The number of furan rings is 1. The van der Waals surface area contributed by atoms with Crippen LogP contribution in [-0.4, -0.2) is 19.5 Å². The molecule has 0 bridgehead atoms. The van der Waals surface area contributed by atoms with Crippen molar-refractivity contribution in [2.24, 2.45) is 0 Å². The number of hydrogen-bond donors (Lipinski definition) is 0. The molecule has 0 saturated carbocycles. The molecule has 1 atom stereocenters. The van der Waals surface area contributed by atoms with Gasteiger partial charge < -0.3 is 8.98 Å². The van der Waals surface area contributed by atoms with Crippen molar-refractivity contribution in [2.75, 3.05) is 0 Å². The van der Waals surface area contributed by atoms with Crippen LogP contribution >= 0.6 is 0 Å². The monoisotopic (exact) mass is 806 g/mol. The largest absolute Gasteiger partial charge is 0.454 e. The molecule has 5 heteroatoms. The fourth-order valence-electron chi connectivity index (χ4n) is 10.1. The number of aryl methyl sites for hydroxylation is 1. The van der Waals surface area contributed by atoms with Crippen LogP contribution in [0.15, 0.2) is 205 Å². The summed E-state index contributed by atoms with van der Waals surface area (Å²) in [6.45, 7) is 0. The summed E-state index contributed by atoms with van der Waals surface area (Å²) in [5.41, 5.74) is 14.0. The van der Waals surface area contributed by atoms with Crippen molar-refractivity contribution < 1.29 is 4.42 Å². The van der Waals surface area contributed by atoms with Crippen molar-refractivity contribution in [3.05, 3.63) is 217 Å². The third-order valence-corrected chi connectivity index (χ3v) is 13.0. The molecular weight excluding hydrogens is 769 g/mol. The molecule has 0 spiro atoms. The summed E-state index contributed by atoms with van der Waals surface area (Å²) in [6, 6.07) is 71.3. The van der Waals surface area contributed by atoms with Gasteiger partial charge in [-0.05, 0) is 99.5 Å². The zero-order chi connectivity index (χ0) is 41.4. The average Bonchev–Trinajstić information content (AvgIpc) is 3.83. The van der Waals surface area contributed by atoms with E-state index in [1.54, 1.807) is 0 Å². The van der Waals surface area contributed by atoms with Crippen LogP contribution in [0.2, 0.25) is 0 Å². The average molecular weight is 807 g/mol. The number of para-hydroxylation sites is 2. The Balaban J connectivity index is 1.09. The number of rotatable bonds is 5. The van der Waals surface area contributed by atoms with Crippen LogP contribution < -0.4 is 0 Å². The molecule has 13 rings (SSSR count). The molecule has 63 heavy (non-hydrogen) atoms. The third-order valence-electron chi connectivity index (χ3n) is 13.0. The minimum absolute atomic E-state index is 0.0602. The quantitative estimate of drug-likeness (QED) is 0.174. The van der Waals surface area contributed by atoms with E-state index in [-0.39, 0.29) is 5.92 Å². The Hall–Kier alpha value is -8.15. The number of fused-ring (bicyclic) bond motifs is 10. The first kappa shape index (κ1) is 35.6. The highest BCUT2D eigenvalue weighted by Crippen LogP contribution is 2.44. The molecule has 1 aliphatic rings. The Labute approximate surface area is 363 Å². The normalized spacial score (nSPS) is 13.7. The summed E-state index contributed by atoms with van der Waals surface area (Å²) < 4.78 is 9.23. The van der Waals surface area contributed by atoms with Crippen molar-refractivity contribution in [3.63, 3.8) is 0 Å². The van der Waals surface area contributed by atoms with E-state index in [4.69, 9.17) is 19.4 Å². The summed E-state index contributed by atoms with van der Waals surface area (Å²) in [6.07, 6.45) is 1.78. The van der Waals surface area contributed by atoms with Crippen molar-refractivity contribution in [1.29, 1.82) is 0 Å². The molecule has 5 nitrogen and oxygen atoms in total. The zero-order valence-corrected chi connectivity index (χ0v) is 34.2. The molecule has 296 valence electrons. The first-order valence-corrected chi connectivity index (χ1v) is 21.7. The van der Waals surface area contributed by atoms with E-state index in [1.807, 2.05) is 6.07 Å². The van der Waals surface area contributed by atoms with E-state index in [2.05, 4.69) is 199 Å². The SMILES string of the molecule is c1ccc(-c2cccc(-c3nc(-c4cc(-n5c6ccccc6c6cc7ccccc7cc65)c5oc6ccccc6c5c4)nc(C4CCc5ccccc5-c5ccccc54)n3)c2)cc1. The number of hydrogen-bond acceptors (Lipinski definition) is 4. The molecule has 0 fully saturated rings. The standard InChI is InChI=1S/C58H38N4O/c1-2-15-36(16-3-1)38-20-14-21-41(31-38)56-59-57(61-58(60-56)48-30-29-37-17-6-7-22-43(37)44-23-8-9-24-45(44)48)42-33-50-47-26-11-13-28-54(47)63-55(50)53(35-42)62-51-27-12-10-25-46(51)49-32-39-18-4-5-19-40(39)34-52(49)62/h1-28,31-35,48H,29-30H2. The second kappa shape index (κ2) is 14.2. The first-order valence-electron chi connectivity index (χ1n) is 21.7. The van der Waals surface area contributed by atoms with Crippen LogP contribution in [0.5, 0.6) is 0 Å². The van der Waals surface area contributed by atoms with Crippen LogP contribution in [-0.2, 0) is 6.42 Å². The highest BCUT2D eigenvalue weighted by Gasteiger charge is 2.28. The van der Waals surface area contributed by atoms with Gasteiger partial charge >= 0.3 is 0 Å². The van der Waals surface area contributed by atoms with Gasteiger partial charge in [0.15, 0.2) is 17.2 Å². The smallest absolute Gasteiger partial charge is 0.163 e. The van der Waals surface area contributed by atoms with Crippen molar-refractivity contribution in [3.8, 4) is 50.7 Å². The maximum absolute atomic E-state index is 6.86. The topological polar surface area (TPSA) is 56.7 Å². The predicted octanol–water partition coefficient (Wildman–Crippen LogP) is 14.8. The van der Waals surface area contributed by atoms with Crippen molar-refractivity contribution in [1.82, 2.24) is 19.5 Å². The lowest BCUT2D eigenvalue weighted by Gasteiger charge is -2.19. The summed E-state index contributed by atoms with van der Waals surface area (Å²) in [5.74, 6) is 1.98. The maximum Gasteiger partial charge on any atom is 0.163 e. The second-order valence-electron chi connectivity index (χ2n) is 16.7. The Morgan fingerprint density at radius 2 is 1.13 bits per heavy atom. The van der Waals surface area contributed by atoms with E-state index in [9.17, 15) is 0 Å².